The first-order valence-corrected chi connectivity index (χ1v) is 6.73. The number of amidine groups is 1. The van der Waals surface area contributed by atoms with E-state index in [1.807, 2.05) is 6.92 Å². The van der Waals surface area contributed by atoms with E-state index in [1.54, 1.807) is 6.07 Å². The summed E-state index contributed by atoms with van der Waals surface area (Å²) in [5.41, 5.74) is 6.88. The van der Waals surface area contributed by atoms with Gasteiger partial charge in [0.1, 0.15) is 11.5 Å². The normalized spacial score (nSPS) is 26.3. The summed E-state index contributed by atoms with van der Waals surface area (Å²) in [7, 11) is 0. The van der Waals surface area contributed by atoms with Crippen LogP contribution in [0.3, 0.4) is 0 Å². The molecule has 0 spiro atoms. The zero-order valence-electron chi connectivity index (χ0n) is 11.1. The second-order valence-corrected chi connectivity index (χ2v) is 5.21. The third-order valence-corrected chi connectivity index (χ3v) is 3.86. The van der Waals surface area contributed by atoms with E-state index in [2.05, 4.69) is 14.9 Å². The summed E-state index contributed by atoms with van der Waals surface area (Å²) in [6, 6.07) is 2.12. The van der Waals surface area contributed by atoms with Crippen molar-refractivity contribution in [1.29, 1.82) is 5.41 Å². The molecular formula is C13H19N5O. The van der Waals surface area contributed by atoms with Gasteiger partial charge in [0.25, 0.3) is 0 Å². The van der Waals surface area contributed by atoms with Crippen molar-refractivity contribution >= 4 is 11.8 Å². The molecule has 2 atom stereocenters. The third-order valence-electron chi connectivity index (χ3n) is 3.86. The summed E-state index contributed by atoms with van der Waals surface area (Å²) in [5.74, 6) is 0.674. The molecule has 3 N–H and O–H groups in total. The zero-order valence-corrected chi connectivity index (χ0v) is 11.1. The van der Waals surface area contributed by atoms with Gasteiger partial charge in [0.2, 0.25) is 5.95 Å². The predicted octanol–water partition coefficient (Wildman–Crippen LogP) is 0.827. The zero-order chi connectivity index (χ0) is 13.4. The van der Waals surface area contributed by atoms with E-state index in [4.69, 9.17) is 15.9 Å². The maximum Gasteiger partial charge on any atom is 0.226 e. The molecular weight excluding hydrogens is 242 g/mol. The number of morpholine rings is 1. The van der Waals surface area contributed by atoms with Gasteiger partial charge in [-0.1, -0.05) is 0 Å². The standard InChI is InChI=1S/C13H19N5O/c1-8-7-9(12(14)15)17-13(16-8)18-5-6-19-11-4-2-3-10(11)18/h7,10-11H,2-6H2,1H3,(H3,14,15). The lowest BCUT2D eigenvalue weighted by Crippen LogP contribution is -2.49. The lowest BCUT2D eigenvalue weighted by molar-refractivity contribution is 0.0249. The first kappa shape index (κ1) is 12.3. The predicted molar refractivity (Wildman–Crippen MR) is 72.5 cm³/mol. The molecule has 6 heteroatoms. The van der Waals surface area contributed by atoms with Crippen molar-refractivity contribution < 1.29 is 4.74 Å². The Bertz CT molecular complexity index is 504. The number of ether oxygens (including phenoxy) is 1. The first-order valence-electron chi connectivity index (χ1n) is 6.73. The number of aromatic nitrogens is 2. The third kappa shape index (κ3) is 2.28. The highest BCUT2D eigenvalue weighted by atomic mass is 16.5. The summed E-state index contributed by atoms with van der Waals surface area (Å²) in [6.45, 7) is 3.43. The number of anilines is 1. The Kier molecular flexibility index (Phi) is 3.10. The van der Waals surface area contributed by atoms with Gasteiger partial charge in [0.15, 0.2) is 0 Å². The maximum atomic E-state index is 7.53. The van der Waals surface area contributed by atoms with Crippen LogP contribution in [0.4, 0.5) is 5.95 Å². The highest BCUT2D eigenvalue weighted by Crippen LogP contribution is 2.31. The molecule has 2 fully saturated rings. The van der Waals surface area contributed by atoms with Crippen LogP contribution in [0, 0.1) is 12.3 Å². The molecule has 0 amide bonds. The highest BCUT2D eigenvalue weighted by molar-refractivity contribution is 5.93. The quantitative estimate of drug-likeness (QED) is 0.608. The number of nitrogens with zero attached hydrogens (tertiary/aromatic N) is 3. The van der Waals surface area contributed by atoms with Gasteiger partial charge in [0, 0.05) is 12.2 Å². The summed E-state index contributed by atoms with van der Waals surface area (Å²) >= 11 is 0. The number of nitrogen functional groups attached to an aromatic ring is 1. The number of hydrogen-bond acceptors (Lipinski definition) is 5. The molecule has 2 aliphatic rings. The van der Waals surface area contributed by atoms with Crippen LogP contribution in [-0.4, -0.2) is 41.1 Å². The number of nitrogens with one attached hydrogen (secondary N) is 1. The molecule has 0 radical (unpaired) electrons. The minimum Gasteiger partial charge on any atom is -0.382 e. The van der Waals surface area contributed by atoms with Gasteiger partial charge in [-0.2, -0.15) is 0 Å². The van der Waals surface area contributed by atoms with E-state index < -0.39 is 0 Å². The molecule has 102 valence electrons. The average molecular weight is 261 g/mol. The Morgan fingerprint density at radius 3 is 3.11 bits per heavy atom. The van der Waals surface area contributed by atoms with Crippen LogP contribution in [0.1, 0.15) is 30.7 Å². The van der Waals surface area contributed by atoms with E-state index in [-0.39, 0.29) is 5.84 Å². The molecule has 6 nitrogen and oxygen atoms in total. The van der Waals surface area contributed by atoms with Gasteiger partial charge in [0.05, 0.1) is 18.8 Å². The van der Waals surface area contributed by atoms with E-state index in [9.17, 15) is 0 Å². The second-order valence-electron chi connectivity index (χ2n) is 5.21. The van der Waals surface area contributed by atoms with E-state index in [1.165, 1.54) is 6.42 Å². The highest BCUT2D eigenvalue weighted by Gasteiger charge is 2.37. The topological polar surface area (TPSA) is 88.1 Å². The van der Waals surface area contributed by atoms with Crippen LogP contribution in [0.2, 0.25) is 0 Å². The molecule has 1 aromatic heterocycles. The maximum absolute atomic E-state index is 7.53. The lowest BCUT2D eigenvalue weighted by atomic mass is 10.1. The monoisotopic (exact) mass is 261 g/mol. The van der Waals surface area contributed by atoms with Crippen LogP contribution in [0.25, 0.3) is 0 Å². The van der Waals surface area contributed by atoms with Crippen LogP contribution in [0.5, 0.6) is 0 Å². The largest absolute Gasteiger partial charge is 0.382 e. The van der Waals surface area contributed by atoms with Crippen molar-refractivity contribution in [3.63, 3.8) is 0 Å². The SMILES string of the molecule is Cc1cc(C(=N)N)nc(N2CCOC3CCCC32)n1. The molecule has 0 aromatic carbocycles. The Balaban J connectivity index is 1.94. The fourth-order valence-electron chi connectivity index (χ4n) is 2.99. The Morgan fingerprint density at radius 2 is 2.32 bits per heavy atom. The summed E-state index contributed by atoms with van der Waals surface area (Å²) < 4.78 is 5.80. The van der Waals surface area contributed by atoms with Crippen molar-refractivity contribution in [1.82, 2.24) is 9.97 Å². The van der Waals surface area contributed by atoms with E-state index in [0.717, 1.165) is 25.1 Å². The molecule has 1 aromatic rings. The molecule has 1 saturated carbocycles. The lowest BCUT2D eigenvalue weighted by Gasteiger charge is -2.37. The van der Waals surface area contributed by atoms with Gasteiger partial charge in [-0.25, -0.2) is 9.97 Å². The molecule has 1 saturated heterocycles. The average Bonchev–Trinajstić information content (AvgIpc) is 2.85. The minimum atomic E-state index is -0.0111. The summed E-state index contributed by atoms with van der Waals surface area (Å²) in [6.07, 6.45) is 3.74. The van der Waals surface area contributed by atoms with Crippen LogP contribution in [0.15, 0.2) is 6.07 Å². The number of rotatable bonds is 2. The minimum absolute atomic E-state index is 0.0111. The van der Waals surface area contributed by atoms with Crippen molar-refractivity contribution in [3.8, 4) is 0 Å². The second kappa shape index (κ2) is 4.77. The summed E-state index contributed by atoms with van der Waals surface area (Å²) in [4.78, 5) is 11.2. The number of hydrogen-bond donors (Lipinski definition) is 2. The van der Waals surface area contributed by atoms with Gasteiger partial charge in [-0.05, 0) is 32.3 Å². The van der Waals surface area contributed by atoms with E-state index >= 15 is 0 Å². The van der Waals surface area contributed by atoms with Crippen molar-refractivity contribution in [3.05, 3.63) is 17.5 Å². The van der Waals surface area contributed by atoms with Crippen molar-refractivity contribution in [2.24, 2.45) is 5.73 Å². The molecule has 19 heavy (non-hydrogen) atoms. The van der Waals surface area contributed by atoms with E-state index in [0.29, 0.717) is 30.4 Å². The van der Waals surface area contributed by atoms with Crippen LogP contribution >= 0.6 is 0 Å². The Hall–Kier alpha value is -1.69. The number of fused-ring (bicyclic) bond motifs is 1. The number of aryl methyl sites for hydroxylation is 1. The van der Waals surface area contributed by atoms with Crippen molar-refractivity contribution in [2.75, 3.05) is 18.1 Å². The van der Waals surface area contributed by atoms with Gasteiger partial charge in [-0.15, -0.1) is 0 Å². The van der Waals surface area contributed by atoms with Crippen molar-refractivity contribution in [2.45, 2.75) is 38.3 Å². The molecule has 2 unspecified atom stereocenters. The molecule has 2 heterocycles. The van der Waals surface area contributed by atoms with Gasteiger partial charge < -0.3 is 15.4 Å². The van der Waals surface area contributed by atoms with Crippen LogP contribution < -0.4 is 10.6 Å². The number of nitrogens with two attached hydrogens (primary N) is 1. The van der Waals surface area contributed by atoms with Gasteiger partial charge >= 0.3 is 0 Å². The van der Waals surface area contributed by atoms with Gasteiger partial charge in [-0.3, -0.25) is 5.41 Å². The molecule has 1 aliphatic carbocycles. The molecule has 3 rings (SSSR count). The Labute approximate surface area is 112 Å². The fraction of sp³-hybridized carbons (Fsp3) is 0.615. The fourth-order valence-corrected chi connectivity index (χ4v) is 2.99. The molecule has 1 aliphatic heterocycles. The Morgan fingerprint density at radius 1 is 1.47 bits per heavy atom. The van der Waals surface area contributed by atoms with Crippen LogP contribution in [-0.2, 0) is 4.74 Å². The summed E-state index contributed by atoms with van der Waals surface area (Å²) in [5, 5.41) is 7.53. The smallest absolute Gasteiger partial charge is 0.226 e. The molecule has 0 bridgehead atoms. The first-order chi connectivity index (χ1) is 9.15.